The highest BCUT2D eigenvalue weighted by Crippen LogP contribution is 2.23. The van der Waals surface area contributed by atoms with Crippen LogP contribution in [0.5, 0.6) is 0 Å². The van der Waals surface area contributed by atoms with Crippen molar-refractivity contribution < 1.29 is 14.3 Å². The second-order valence-electron chi connectivity index (χ2n) is 5.25. The minimum absolute atomic E-state index is 0.00301. The summed E-state index contributed by atoms with van der Waals surface area (Å²) in [5.41, 5.74) is 0. The summed E-state index contributed by atoms with van der Waals surface area (Å²) in [4.78, 5) is 26.6. The Kier molecular flexibility index (Phi) is 7.93. The SMILES string of the molecule is COCCN(CC(C)C)C(=O)CCC(=O)c1ccc(Cl)s1. The van der Waals surface area contributed by atoms with Crippen LogP contribution >= 0.6 is 22.9 Å². The van der Waals surface area contributed by atoms with Crippen LogP contribution in [0, 0.1) is 5.92 Å². The maximum absolute atomic E-state index is 12.2. The van der Waals surface area contributed by atoms with Crippen molar-refractivity contribution in [3.63, 3.8) is 0 Å². The van der Waals surface area contributed by atoms with Gasteiger partial charge in [-0.25, -0.2) is 0 Å². The lowest BCUT2D eigenvalue weighted by atomic mass is 10.1. The zero-order valence-corrected chi connectivity index (χ0v) is 14.3. The Morgan fingerprint density at radius 2 is 2.05 bits per heavy atom. The van der Waals surface area contributed by atoms with E-state index in [-0.39, 0.29) is 24.5 Å². The first-order chi connectivity index (χ1) is 9.93. The smallest absolute Gasteiger partial charge is 0.223 e. The van der Waals surface area contributed by atoms with E-state index in [0.29, 0.717) is 34.8 Å². The molecular weight excluding hydrogens is 310 g/mol. The first-order valence-electron chi connectivity index (χ1n) is 6.99. The molecule has 21 heavy (non-hydrogen) atoms. The van der Waals surface area contributed by atoms with Crippen molar-refractivity contribution in [1.29, 1.82) is 0 Å². The van der Waals surface area contributed by atoms with Crippen LogP contribution in [-0.2, 0) is 9.53 Å². The van der Waals surface area contributed by atoms with E-state index >= 15 is 0 Å². The molecule has 0 fully saturated rings. The van der Waals surface area contributed by atoms with E-state index in [4.69, 9.17) is 16.3 Å². The molecule has 0 radical (unpaired) electrons. The molecule has 0 aliphatic carbocycles. The molecule has 1 heterocycles. The number of hydrogen-bond acceptors (Lipinski definition) is 4. The number of hydrogen-bond donors (Lipinski definition) is 0. The van der Waals surface area contributed by atoms with Gasteiger partial charge in [-0.05, 0) is 18.1 Å². The minimum atomic E-state index is -0.0310. The number of nitrogens with zero attached hydrogens (tertiary/aromatic N) is 1. The molecule has 0 unspecified atom stereocenters. The van der Waals surface area contributed by atoms with Gasteiger partial charge in [0.1, 0.15) is 0 Å². The number of carbonyl (C=O) groups excluding carboxylic acids is 2. The second kappa shape index (κ2) is 9.18. The van der Waals surface area contributed by atoms with E-state index in [1.54, 1.807) is 24.1 Å². The number of ether oxygens (including phenoxy) is 1. The Morgan fingerprint density at radius 3 is 2.57 bits per heavy atom. The lowest BCUT2D eigenvalue weighted by Crippen LogP contribution is -2.36. The normalized spacial score (nSPS) is 10.9. The molecular formula is C15H22ClNO3S. The van der Waals surface area contributed by atoms with Crippen LogP contribution in [0.25, 0.3) is 0 Å². The van der Waals surface area contributed by atoms with E-state index in [1.807, 2.05) is 0 Å². The summed E-state index contributed by atoms with van der Waals surface area (Å²) in [6, 6.07) is 3.40. The third-order valence-corrected chi connectivity index (χ3v) is 4.19. The quantitative estimate of drug-likeness (QED) is 0.651. The summed E-state index contributed by atoms with van der Waals surface area (Å²) in [5, 5.41) is 0. The van der Waals surface area contributed by atoms with Crippen molar-refractivity contribution in [2.75, 3.05) is 26.8 Å². The number of Topliss-reactive ketones (excluding diaryl/α,β-unsaturated/α-hetero) is 1. The van der Waals surface area contributed by atoms with Gasteiger partial charge in [-0.15, -0.1) is 11.3 Å². The van der Waals surface area contributed by atoms with E-state index in [1.165, 1.54) is 11.3 Å². The van der Waals surface area contributed by atoms with Crippen LogP contribution in [0.2, 0.25) is 4.34 Å². The van der Waals surface area contributed by atoms with Crippen LogP contribution in [0.4, 0.5) is 0 Å². The van der Waals surface area contributed by atoms with Gasteiger partial charge in [0.25, 0.3) is 0 Å². The number of methoxy groups -OCH3 is 1. The van der Waals surface area contributed by atoms with Crippen molar-refractivity contribution in [3.05, 3.63) is 21.3 Å². The molecule has 6 heteroatoms. The van der Waals surface area contributed by atoms with Crippen molar-refractivity contribution in [1.82, 2.24) is 4.90 Å². The molecule has 0 bridgehead atoms. The maximum atomic E-state index is 12.2. The monoisotopic (exact) mass is 331 g/mol. The zero-order chi connectivity index (χ0) is 15.8. The predicted molar refractivity (Wildman–Crippen MR) is 86.2 cm³/mol. The van der Waals surface area contributed by atoms with Crippen molar-refractivity contribution in [2.24, 2.45) is 5.92 Å². The standard InChI is InChI=1S/C15H22ClNO3S/c1-11(2)10-17(8-9-20-3)15(19)7-4-12(18)13-5-6-14(16)21-13/h5-6,11H,4,7-10H2,1-3H3. The lowest BCUT2D eigenvalue weighted by Gasteiger charge is -2.24. The highest BCUT2D eigenvalue weighted by Gasteiger charge is 2.17. The number of ketones is 1. The summed E-state index contributed by atoms with van der Waals surface area (Å²) >= 11 is 7.06. The average molecular weight is 332 g/mol. The highest BCUT2D eigenvalue weighted by molar-refractivity contribution is 7.18. The number of carbonyl (C=O) groups is 2. The molecule has 1 amide bonds. The van der Waals surface area contributed by atoms with E-state index in [9.17, 15) is 9.59 Å². The number of halogens is 1. The van der Waals surface area contributed by atoms with Gasteiger partial charge in [0.15, 0.2) is 5.78 Å². The van der Waals surface area contributed by atoms with Crippen LogP contribution < -0.4 is 0 Å². The van der Waals surface area contributed by atoms with Crippen LogP contribution in [0.1, 0.15) is 36.4 Å². The first-order valence-corrected chi connectivity index (χ1v) is 8.18. The molecule has 118 valence electrons. The third kappa shape index (κ3) is 6.59. The van der Waals surface area contributed by atoms with Crippen molar-refractivity contribution in [2.45, 2.75) is 26.7 Å². The predicted octanol–water partition coefficient (Wildman–Crippen LogP) is 3.50. The van der Waals surface area contributed by atoms with E-state index < -0.39 is 0 Å². The number of thiophene rings is 1. The van der Waals surface area contributed by atoms with Gasteiger partial charge in [0.2, 0.25) is 5.91 Å². The molecule has 4 nitrogen and oxygen atoms in total. The molecule has 0 aliphatic rings. The lowest BCUT2D eigenvalue weighted by molar-refractivity contribution is -0.132. The van der Waals surface area contributed by atoms with Gasteiger partial charge >= 0.3 is 0 Å². The fraction of sp³-hybridized carbons (Fsp3) is 0.600. The molecule has 0 N–H and O–H groups in total. The molecule has 1 aromatic heterocycles. The highest BCUT2D eigenvalue weighted by atomic mass is 35.5. The van der Waals surface area contributed by atoms with Gasteiger partial charge in [0.05, 0.1) is 15.8 Å². The molecule has 0 atom stereocenters. The minimum Gasteiger partial charge on any atom is -0.383 e. The Labute approximate surface area is 135 Å². The van der Waals surface area contributed by atoms with Gasteiger partial charge < -0.3 is 9.64 Å². The average Bonchev–Trinajstić information content (AvgIpc) is 2.86. The van der Waals surface area contributed by atoms with Gasteiger partial charge in [-0.1, -0.05) is 25.4 Å². The third-order valence-electron chi connectivity index (χ3n) is 2.92. The second-order valence-corrected chi connectivity index (χ2v) is 6.97. The zero-order valence-electron chi connectivity index (χ0n) is 12.7. The Hall–Kier alpha value is -0.910. The fourth-order valence-corrected chi connectivity index (χ4v) is 2.94. The maximum Gasteiger partial charge on any atom is 0.223 e. The van der Waals surface area contributed by atoms with Crippen molar-refractivity contribution in [3.8, 4) is 0 Å². The van der Waals surface area contributed by atoms with Crippen LogP contribution in [-0.4, -0.2) is 43.4 Å². The fourth-order valence-electron chi connectivity index (χ4n) is 1.93. The largest absolute Gasteiger partial charge is 0.383 e. The van der Waals surface area contributed by atoms with Crippen LogP contribution in [0.3, 0.4) is 0 Å². The first kappa shape index (κ1) is 18.1. The summed E-state index contributed by atoms with van der Waals surface area (Å²) in [6.45, 7) is 5.87. The summed E-state index contributed by atoms with van der Waals surface area (Å²) in [5.74, 6) is 0.353. The van der Waals surface area contributed by atoms with E-state index in [2.05, 4.69) is 13.8 Å². The van der Waals surface area contributed by atoms with Gasteiger partial charge in [-0.2, -0.15) is 0 Å². The van der Waals surface area contributed by atoms with Gasteiger partial charge in [0, 0.05) is 33.0 Å². The summed E-state index contributed by atoms with van der Waals surface area (Å²) in [6.07, 6.45) is 0.446. The Bertz CT molecular complexity index is 473. The topological polar surface area (TPSA) is 46.6 Å². The molecule has 1 aromatic rings. The molecule has 0 saturated carbocycles. The van der Waals surface area contributed by atoms with Crippen molar-refractivity contribution >= 4 is 34.6 Å². The molecule has 0 aromatic carbocycles. The van der Waals surface area contributed by atoms with Crippen LogP contribution in [0.15, 0.2) is 12.1 Å². The Balaban J connectivity index is 2.50. The molecule has 0 spiro atoms. The molecule has 0 saturated heterocycles. The van der Waals surface area contributed by atoms with E-state index in [0.717, 1.165) is 0 Å². The summed E-state index contributed by atoms with van der Waals surface area (Å²) in [7, 11) is 1.61. The Morgan fingerprint density at radius 1 is 1.33 bits per heavy atom. The van der Waals surface area contributed by atoms with Gasteiger partial charge in [-0.3, -0.25) is 9.59 Å². The molecule has 0 aliphatic heterocycles. The summed E-state index contributed by atoms with van der Waals surface area (Å²) < 4.78 is 5.62. The number of rotatable bonds is 9. The molecule has 1 rings (SSSR count). The number of amides is 1.